The summed E-state index contributed by atoms with van der Waals surface area (Å²) in [5.74, 6) is -1.02. The van der Waals surface area contributed by atoms with Crippen LogP contribution >= 0.6 is 11.3 Å². The van der Waals surface area contributed by atoms with Crippen LogP contribution in [0.2, 0.25) is 0 Å². The summed E-state index contributed by atoms with van der Waals surface area (Å²) in [6.45, 7) is 12.0. The zero-order valence-electron chi connectivity index (χ0n) is 21.9. The van der Waals surface area contributed by atoms with E-state index in [1.165, 1.54) is 29.7 Å². The van der Waals surface area contributed by atoms with E-state index in [4.69, 9.17) is 4.74 Å². The van der Waals surface area contributed by atoms with Crippen molar-refractivity contribution < 1.29 is 23.1 Å². The Morgan fingerprint density at radius 2 is 1.77 bits per heavy atom. The van der Waals surface area contributed by atoms with Crippen molar-refractivity contribution >= 4 is 32.9 Å². The van der Waals surface area contributed by atoms with Gasteiger partial charge in [0.2, 0.25) is 10.0 Å². The molecule has 6 nitrogen and oxygen atoms in total. The Morgan fingerprint density at radius 1 is 1.17 bits per heavy atom. The average molecular weight is 520 g/mol. The van der Waals surface area contributed by atoms with Crippen molar-refractivity contribution in [2.75, 3.05) is 14.1 Å². The van der Waals surface area contributed by atoms with Crippen LogP contribution in [0.25, 0.3) is 16.0 Å². The van der Waals surface area contributed by atoms with Gasteiger partial charge in [-0.25, -0.2) is 17.5 Å². The smallest absolute Gasteiger partial charge is 0.337 e. The van der Waals surface area contributed by atoms with E-state index in [1.807, 2.05) is 39.8 Å². The summed E-state index contributed by atoms with van der Waals surface area (Å²) in [4.78, 5) is 14.5. The SMILES string of the molecule is Cc1sc(-c2ccc(S(=O)(=O)N(C)C)cc2)c(C2=CCC(C)(C)CC2)c1C(OC(C)(C)C)C(=O)O. The lowest BCUT2D eigenvalue weighted by Crippen LogP contribution is -2.28. The molecule has 35 heavy (non-hydrogen) atoms. The minimum atomic E-state index is -3.54. The molecular weight excluding hydrogens is 482 g/mol. The number of rotatable bonds is 7. The number of nitrogens with zero attached hydrogens (tertiary/aromatic N) is 1. The van der Waals surface area contributed by atoms with Crippen LogP contribution in [0, 0.1) is 12.3 Å². The number of ether oxygens (including phenoxy) is 1. The van der Waals surface area contributed by atoms with E-state index in [9.17, 15) is 18.3 Å². The maximum atomic E-state index is 12.5. The number of hydrogen-bond donors (Lipinski definition) is 1. The first-order valence-corrected chi connectivity index (χ1v) is 14.1. The summed E-state index contributed by atoms with van der Waals surface area (Å²) in [6.07, 6.45) is 3.90. The molecule has 0 spiro atoms. The zero-order chi connectivity index (χ0) is 26.3. The van der Waals surface area contributed by atoms with Gasteiger partial charge in [-0.3, -0.25) is 0 Å². The third-order valence-electron chi connectivity index (χ3n) is 6.28. The monoisotopic (exact) mass is 519 g/mol. The number of hydrogen-bond acceptors (Lipinski definition) is 5. The van der Waals surface area contributed by atoms with Crippen LogP contribution < -0.4 is 0 Å². The second-order valence-corrected chi connectivity index (χ2v) is 14.5. The maximum absolute atomic E-state index is 12.5. The van der Waals surface area contributed by atoms with Crippen molar-refractivity contribution in [2.45, 2.75) is 77.4 Å². The van der Waals surface area contributed by atoms with Crippen LogP contribution in [-0.4, -0.2) is 43.5 Å². The molecule has 1 heterocycles. The van der Waals surface area contributed by atoms with Crippen LogP contribution in [0.5, 0.6) is 0 Å². The van der Waals surface area contributed by atoms with Crippen molar-refractivity contribution in [2.24, 2.45) is 5.41 Å². The topological polar surface area (TPSA) is 83.9 Å². The van der Waals surface area contributed by atoms with Gasteiger partial charge >= 0.3 is 5.97 Å². The first-order valence-electron chi connectivity index (χ1n) is 11.8. The van der Waals surface area contributed by atoms with Gasteiger partial charge in [0, 0.05) is 35.0 Å². The van der Waals surface area contributed by atoms with E-state index in [1.54, 1.807) is 12.1 Å². The third kappa shape index (κ3) is 6.05. The summed E-state index contributed by atoms with van der Waals surface area (Å²) in [7, 11) is -0.523. The van der Waals surface area contributed by atoms with Gasteiger partial charge < -0.3 is 9.84 Å². The molecule has 3 rings (SSSR count). The number of carboxylic acids is 1. The molecule has 8 heteroatoms. The Kier molecular flexibility index (Phi) is 7.73. The van der Waals surface area contributed by atoms with Crippen molar-refractivity contribution in [3.8, 4) is 10.4 Å². The van der Waals surface area contributed by atoms with E-state index in [2.05, 4.69) is 19.9 Å². The normalized spacial score (nSPS) is 17.3. The molecule has 0 radical (unpaired) electrons. The summed E-state index contributed by atoms with van der Waals surface area (Å²) in [5.41, 5.74) is 3.17. The highest BCUT2D eigenvalue weighted by Crippen LogP contribution is 2.48. The third-order valence-corrected chi connectivity index (χ3v) is 9.28. The highest BCUT2D eigenvalue weighted by molar-refractivity contribution is 7.89. The van der Waals surface area contributed by atoms with E-state index in [0.717, 1.165) is 45.7 Å². The van der Waals surface area contributed by atoms with E-state index in [-0.39, 0.29) is 10.3 Å². The molecule has 2 aromatic rings. The van der Waals surface area contributed by atoms with Gasteiger partial charge in [0.15, 0.2) is 6.10 Å². The van der Waals surface area contributed by atoms with Crippen LogP contribution in [0.3, 0.4) is 0 Å². The predicted molar refractivity (Wildman–Crippen MR) is 142 cm³/mol. The summed E-state index contributed by atoms with van der Waals surface area (Å²) in [5, 5.41) is 10.2. The van der Waals surface area contributed by atoms with Gasteiger partial charge in [-0.15, -0.1) is 11.3 Å². The lowest BCUT2D eigenvalue weighted by atomic mass is 9.76. The lowest BCUT2D eigenvalue weighted by Gasteiger charge is -2.31. The average Bonchev–Trinajstić information content (AvgIpc) is 3.08. The number of benzene rings is 1. The first-order chi connectivity index (χ1) is 16.0. The quantitative estimate of drug-likeness (QED) is 0.451. The minimum Gasteiger partial charge on any atom is -0.479 e. The van der Waals surface area contributed by atoms with E-state index >= 15 is 0 Å². The molecular formula is C27H37NO5S2. The summed E-state index contributed by atoms with van der Waals surface area (Å²) in [6, 6.07) is 6.84. The van der Waals surface area contributed by atoms with Crippen LogP contribution in [0.15, 0.2) is 35.2 Å². The largest absolute Gasteiger partial charge is 0.479 e. The molecule has 0 aliphatic heterocycles. The Balaban J connectivity index is 2.22. The molecule has 1 aromatic heterocycles. The molecule has 192 valence electrons. The maximum Gasteiger partial charge on any atom is 0.337 e. The van der Waals surface area contributed by atoms with Crippen LogP contribution in [0.1, 0.15) is 76.0 Å². The molecule has 0 saturated carbocycles. The number of thiophene rings is 1. The highest BCUT2D eigenvalue weighted by atomic mass is 32.2. The molecule has 1 aromatic carbocycles. The molecule has 1 aliphatic carbocycles. The molecule has 1 aliphatic rings. The molecule has 0 bridgehead atoms. The van der Waals surface area contributed by atoms with Crippen molar-refractivity contribution in [1.82, 2.24) is 4.31 Å². The second kappa shape index (κ2) is 9.81. The Labute approximate surface area is 213 Å². The van der Waals surface area contributed by atoms with E-state index in [0.29, 0.717) is 5.56 Å². The van der Waals surface area contributed by atoms with Crippen molar-refractivity contribution in [3.05, 3.63) is 46.3 Å². The highest BCUT2D eigenvalue weighted by Gasteiger charge is 2.35. The number of allylic oxidation sites excluding steroid dienone is 2. The molecule has 0 fully saturated rings. The molecule has 1 N–H and O–H groups in total. The number of carbonyl (C=O) groups is 1. The van der Waals surface area contributed by atoms with Gasteiger partial charge in [-0.2, -0.15) is 0 Å². The van der Waals surface area contributed by atoms with Gasteiger partial charge in [0.25, 0.3) is 0 Å². The second-order valence-electron chi connectivity index (χ2n) is 11.1. The summed E-state index contributed by atoms with van der Waals surface area (Å²) < 4.78 is 32.4. The number of aryl methyl sites for hydroxylation is 1. The van der Waals surface area contributed by atoms with Gasteiger partial charge in [0.1, 0.15) is 0 Å². The first kappa shape index (κ1) is 27.6. The molecule has 1 unspecified atom stereocenters. The predicted octanol–water partition coefficient (Wildman–Crippen LogP) is 6.51. The molecule has 0 saturated heterocycles. The summed E-state index contributed by atoms with van der Waals surface area (Å²) >= 11 is 1.53. The van der Waals surface area contributed by atoms with Gasteiger partial charge in [-0.05, 0) is 75.6 Å². The van der Waals surface area contributed by atoms with Crippen LogP contribution in [-0.2, 0) is 19.6 Å². The van der Waals surface area contributed by atoms with Crippen molar-refractivity contribution in [1.29, 1.82) is 0 Å². The number of carboxylic acid groups (broad SMARTS) is 1. The van der Waals surface area contributed by atoms with Gasteiger partial charge in [-0.1, -0.05) is 32.1 Å². The van der Waals surface area contributed by atoms with Crippen molar-refractivity contribution in [3.63, 3.8) is 0 Å². The van der Waals surface area contributed by atoms with E-state index < -0.39 is 27.7 Å². The number of sulfonamides is 1. The fourth-order valence-electron chi connectivity index (χ4n) is 4.27. The minimum absolute atomic E-state index is 0.200. The van der Waals surface area contributed by atoms with Crippen LogP contribution in [0.4, 0.5) is 0 Å². The Morgan fingerprint density at radius 3 is 2.23 bits per heavy atom. The van der Waals surface area contributed by atoms with Gasteiger partial charge in [0.05, 0.1) is 10.5 Å². The Hall–Kier alpha value is -2.00. The number of aliphatic carboxylic acids is 1. The molecule has 1 atom stereocenters. The fourth-order valence-corrected chi connectivity index (χ4v) is 6.40. The lowest BCUT2D eigenvalue weighted by molar-refractivity contribution is -0.160. The standard InChI is InChI=1S/C27H37NO5S2/c1-17-21(23(25(29)30)33-26(2,3)4)22(18-13-15-27(5,6)16-14-18)24(34-17)19-9-11-20(12-10-19)35(31,32)28(7)8/h9-13,23H,14-16H2,1-8H3,(H,29,30). The fraction of sp³-hybridized carbons (Fsp3) is 0.519. The molecule has 0 amide bonds. The zero-order valence-corrected chi connectivity index (χ0v) is 23.6. The Bertz CT molecular complexity index is 1230.